The summed E-state index contributed by atoms with van der Waals surface area (Å²) in [7, 11) is 0. The van der Waals surface area contributed by atoms with E-state index in [2.05, 4.69) is 133 Å². The Labute approximate surface area is 366 Å². The first-order valence-electron chi connectivity index (χ1n) is 20.9. The van der Waals surface area contributed by atoms with Crippen molar-refractivity contribution in [1.82, 2.24) is 0 Å². The zero-order chi connectivity index (χ0) is 39.6. The van der Waals surface area contributed by atoms with Gasteiger partial charge in [-0.25, -0.2) is 0 Å². The molecule has 0 amide bonds. The Balaban J connectivity index is 0.000000221. The summed E-state index contributed by atoms with van der Waals surface area (Å²) in [5.74, 6) is 0. The van der Waals surface area contributed by atoms with Gasteiger partial charge in [0, 0.05) is 32.7 Å². The molecule has 4 aliphatic carbocycles. The van der Waals surface area contributed by atoms with Gasteiger partial charge in [0.05, 0.1) is 2.74 Å². The minimum absolute atomic E-state index is 0. The first-order chi connectivity index (χ1) is 27.5. The molecule has 0 atom stereocenters. The van der Waals surface area contributed by atoms with E-state index < -0.39 is 0 Å². The van der Waals surface area contributed by atoms with Crippen LogP contribution in [0.1, 0.15) is 111 Å². The minimum atomic E-state index is 0. The van der Waals surface area contributed by atoms with E-state index in [0.717, 1.165) is 25.7 Å². The van der Waals surface area contributed by atoms with Crippen LogP contribution in [0.25, 0.3) is 46.6 Å². The van der Waals surface area contributed by atoms with Gasteiger partial charge in [0.15, 0.2) is 0 Å². The van der Waals surface area contributed by atoms with Crippen molar-refractivity contribution < 1.29 is 35.5 Å². The zero-order valence-electron chi connectivity index (χ0n) is 36.4. The van der Waals surface area contributed by atoms with Gasteiger partial charge in [0.2, 0.25) is 0 Å². The molecular formula is C55H57Y-. The van der Waals surface area contributed by atoms with E-state index >= 15 is 0 Å². The number of benzene rings is 6. The third kappa shape index (κ3) is 10.0. The number of rotatable bonds is 4. The normalized spacial score (nSPS) is 13.5. The van der Waals surface area contributed by atoms with Crippen molar-refractivity contribution in [2.75, 3.05) is 0 Å². The zero-order valence-corrected chi connectivity index (χ0v) is 37.3. The van der Waals surface area contributed by atoms with Crippen molar-refractivity contribution in [3.63, 3.8) is 0 Å². The predicted octanol–water partition coefficient (Wildman–Crippen LogP) is 15.3. The van der Waals surface area contributed by atoms with Crippen molar-refractivity contribution in [2.24, 2.45) is 0 Å². The standard InChI is InChI=1S/2C24H18.3C2H6.CH3.Y/c2*1-2-7-18-14-23(13-17(18)6-1)21-10-5-11-22(12-21)24-15-19-8-3-4-9-20(19)16-24;3*1-2;;/h2*1-13,15H,14,16H2;3*1-2H3;1H3;/q;;;;;-1;/i2*5D;;;;;. The smallest absolute Gasteiger partial charge is 0.0623 e. The molecule has 4 aliphatic rings. The molecule has 0 heterocycles. The molecule has 0 unspecified atom stereocenters. The van der Waals surface area contributed by atoms with E-state index in [1.54, 1.807) is 0 Å². The van der Waals surface area contributed by atoms with Crippen LogP contribution < -0.4 is 0 Å². The van der Waals surface area contributed by atoms with Crippen LogP contribution in [0, 0.1) is 7.43 Å². The first-order valence-corrected chi connectivity index (χ1v) is 19.9. The molecule has 0 fully saturated rings. The van der Waals surface area contributed by atoms with Crippen molar-refractivity contribution in [2.45, 2.75) is 67.2 Å². The molecule has 10 rings (SSSR count). The van der Waals surface area contributed by atoms with Crippen LogP contribution >= 0.6 is 0 Å². The van der Waals surface area contributed by atoms with Crippen molar-refractivity contribution in [1.29, 1.82) is 0 Å². The molecule has 0 N–H and O–H groups in total. The SMILES string of the molecule is CC.CC.CC.[2H]c1cc(C2=Cc3ccccc3C2)cc(C2=Cc3ccccc3C2)c1.[2H]c1cc(C2=Cc3ccccc3C2)cc(C2=Cc3ccccc3C2)c1.[CH3-].[Y]. The van der Waals surface area contributed by atoms with E-state index in [4.69, 9.17) is 2.74 Å². The number of hydrogen-bond donors (Lipinski definition) is 0. The largest absolute Gasteiger partial charge is 0.358 e. The monoisotopic (exact) mass is 808 g/mol. The van der Waals surface area contributed by atoms with Gasteiger partial charge in [-0.2, -0.15) is 0 Å². The minimum Gasteiger partial charge on any atom is -0.358 e. The molecule has 0 aliphatic heterocycles. The van der Waals surface area contributed by atoms with E-state index in [1.165, 1.54) is 89.1 Å². The Kier molecular flexibility index (Phi) is 15.8. The van der Waals surface area contributed by atoms with E-state index in [1.807, 2.05) is 65.8 Å². The second-order valence-corrected chi connectivity index (χ2v) is 13.2. The second-order valence-electron chi connectivity index (χ2n) is 13.2. The Bertz CT molecular complexity index is 2120. The third-order valence-electron chi connectivity index (χ3n) is 10.1. The van der Waals surface area contributed by atoms with Gasteiger partial charge in [-0.05, 0) is 127 Å². The Morgan fingerprint density at radius 1 is 0.339 bits per heavy atom. The summed E-state index contributed by atoms with van der Waals surface area (Å²) in [6, 6.07) is 47.9. The van der Waals surface area contributed by atoms with Crippen molar-refractivity contribution in [3.8, 4) is 0 Å². The molecule has 0 saturated heterocycles. The van der Waals surface area contributed by atoms with Crippen LogP contribution in [0.2, 0.25) is 0 Å². The van der Waals surface area contributed by atoms with Crippen LogP contribution in [0.4, 0.5) is 0 Å². The van der Waals surface area contributed by atoms with Gasteiger partial charge in [0.25, 0.3) is 0 Å². The van der Waals surface area contributed by atoms with Gasteiger partial charge >= 0.3 is 0 Å². The quantitative estimate of drug-likeness (QED) is 0.156. The van der Waals surface area contributed by atoms with E-state index in [-0.39, 0.29) is 40.1 Å². The first kappa shape index (κ1) is 41.0. The summed E-state index contributed by atoms with van der Waals surface area (Å²) >= 11 is 0. The van der Waals surface area contributed by atoms with Gasteiger partial charge in [-0.1, -0.05) is 199 Å². The topological polar surface area (TPSA) is 0 Å². The number of allylic oxidation sites excluding steroid dienone is 4. The maximum Gasteiger partial charge on any atom is 0.0623 e. The van der Waals surface area contributed by atoms with E-state index in [9.17, 15) is 0 Å². The molecular weight excluding hydrogens is 750 g/mol. The molecule has 0 aromatic heterocycles. The second kappa shape index (κ2) is 21.6. The Morgan fingerprint density at radius 3 is 0.768 bits per heavy atom. The summed E-state index contributed by atoms with van der Waals surface area (Å²) < 4.78 is 16.5. The summed E-state index contributed by atoms with van der Waals surface area (Å²) in [4.78, 5) is 0. The Morgan fingerprint density at radius 2 is 0.554 bits per heavy atom. The molecule has 0 spiro atoms. The molecule has 281 valence electrons. The van der Waals surface area contributed by atoms with Crippen LogP contribution in [0.3, 0.4) is 0 Å². The van der Waals surface area contributed by atoms with Crippen LogP contribution in [-0.2, 0) is 58.4 Å². The summed E-state index contributed by atoms with van der Waals surface area (Å²) in [5, 5.41) is 0. The average Bonchev–Trinajstić information content (AvgIpc) is 4.07. The van der Waals surface area contributed by atoms with Crippen LogP contribution in [-0.4, -0.2) is 0 Å². The van der Waals surface area contributed by atoms with Crippen LogP contribution in [0.5, 0.6) is 0 Å². The van der Waals surface area contributed by atoms with Crippen LogP contribution in [0.15, 0.2) is 146 Å². The van der Waals surface area contributed by atoms with Gasteiger partial charge in [-0.3, -0.25) is 0 Å². The van der Waals surface area contributed by atoms with E-state index in [0.29, 0.717) is 12.1 Å². The number of hydrogen-bond acceptors (Lipinski definition) is 0. The summed E-state index contributed by atoms with van der Waals surface area (Å²) in [6.07, 6.45) is 12.9. The number of fused-ring (bicyclic) bond motifs is 4. The Hall–Kier alpha value is -4.62. The molecule has 56 heavy (non-hydrogen) atoms. The van der Waals surface area contributed by atoms with Gasteiger partial charge < -0.3 is 7.43 Å². The fourth-order valence-corrected chi connectivity index (χ4v) is 7.55. The van der Waals surface area contributed by atoms with Crippen molar-refractivity contribution in [3.05, 3.63) is 220 Å². The maximum absolute atomic E-state index is 8.27. The van der Waals surface area contributed by atoms with Crippen molar-refractivity contribution >= 4 is 46.6 Å². The summed E-state index contributed by atoms with van der Waals surface area (Å²) in [6.45, 7) is 12.0. The molecule has 1 radical (unpaired) electrons. The summed E-state index contributed by atoms with van der Waals surface area (Å²) in [5.41, 5.74) is 20.7. The molecule has 0 bridgehead atoms. The fourth-order valence-electron chi connectivity index (χ4n) is 7.55. The fraction of sp³-hybridized carbons (Fsp3) is 0.182. The molecule has 1 heteroatoms. The third-order valence-corrected chi connectivity index (χ3v) is 10.1. The molecule has 0 nitrogen and oxygen atoms in total. The molecule has 6 aromatic carbocycles. The van der Waals surface area contributed by atoms with Gasteiger partial charge in [-0.15, -0.1) is 0 Å². The molecule has 6 aromatic rings. The predicted molar refractivity (Wildman–Crippen MR) is 245 cm³/mol. The maximum atomic E-state index is 8.27. The molecule has 0 saturated carbocycles. The van der Waals surface area contributed by atoms with Gasteiger partial charge in [0.1, 0.15) is 0 Å². The average molecular weight is 809 g/mol.